The number of hydrogen-bond donors (Lipinski definition) is 2. The average Bonchev–Trinajstić information content (AvgIpc) is 3.40. The molecule has 1 amide bonds. The molecule has 0 radical (unpaired) electrons. The Morgan fingerprint density at radius 1 is 1.13 bits per heavy atom. The van der Waals surface area contributed by atoms with Gasteiger partial charge in [0.1, 0.15) is 0 Å². The number of carbonyl (C=O) groups excluding carboxylic acids is 1. The molecule has 2 N–H and O–H groups in total. The molecule has 0 spiro atoms. The summed E-state index contributed by atoms with van der Waals surface area (Å²) >= 11 is 0. The Morgan fingerprint density at radius 3 is 2.58 bits per heavy atom. The van der Waals surface area contributed by atoms with Crippen LogP contribution in [0.25, 0.3) is 5.43 Å². The molecule has 0 aliphatic carbocycles. The van der Waals surface area contributed by atoms with Crippen LogP contribution < -0.4 is 62.1 Å². The van der Waals surface area contributed by atoms with Gasteiger partial charge in [-0.15, -0.1) is 0 Å². The minimum atomic E-state index is -4.53. The van der Waals surface area contributed by atoms with Crippen LogP contribution in [0.3, 0.4) is 0 Å². The summed E-state index contributed by atoms with van der Waals surface area (Å²) in [7, 11) is 2.03. The van der Waals surface area contributed by atoms with Crippen molar-refractivity contribution in [2.75, 3.05) is 51.6 Å². The Balaban J connectivity index is 0.00000336. The molecule has 0 saturated carbocycles. The zero-order valence-electron chi connectivity index (χ0n) is 22.1. The van der Waals surface area contributed by atoms with Gasteiger partial charge in [-0.3, -0.25) is 9.69 Å². The van der Waals surface area contributed by atoms with Crippen molar-refractivity contribution in [3.63, 3.8) is 0 Å². The molecule has 2 aromatic rings. The molecule has 0 aromatic heterocycles. The minimum Gasteiger partial charge on any atom is -0.566 e. The van der Waals surface area contributed by atoms with Gasteiger partial charge < -0.3 is 26.0 Å². The number of rotatable bonds is 5. The molecule has 11 heteroatoms. The number of alkyl halides is 3. The molecule has 38 heavy (non-hydrogen) atoms. The van der Waals surface area contributed by atoms with Crippen molar-refractivity contribution in [3.8, 4) is 0 Å². The summed E-state index contributed by atoms with van der Waals surface area (Å²) in [5, 5.41) is 2.83. The van der Waals surface area contributed by atoms with Gasteiger partial charge in [0.25, 0.3) is 5.91 Å². The van der Waals surface area contributed by atoms with Gasteiger partial charge in [-0.1, -0.05) is 19.5 Å². The number of amides is 1. The minimum absolute atomic E-state index is 0. The maximum absolute atomic E-state index is 13.7. The smallest absolute Gasteiger partial charge is 0.566 e. The van der Waals surface area contributed by atoms with Crippen molar-refractivity contribution in [1.29, 1.82) is 0 Å². The summed E-state index contributed by atoms with van der Waals surface area (Å²) in [5.41, 5.74) is 10.7. The van der Waals surface area contributed by atoms with Crippen LogP contribution in [-0.4, -0.2) is 66.9 Å². The van der Waals surface area contributed by atoms with Crippen molar-refractivity contribution < 1.29 is 69.4 Å². The van der Waals surface area contributed by atoms with E-state index < -0.39 is 17.6 Å². The molecule has 5 rings (SSSR count). The third kappa shape index (κ3) is 7.00. The van der Waals surface area contributed by atoms with Gasteiger partial charge in [0, 0.05) is 62.8 Å². The normalized spacial score (nSPS) is 20.3. The fourth-order valence-corrected chi connectivity index (χ4v) is 5.25. The van der Waals surface area contributed by atoms with E-state index in [0.717, 1.165) is 56.1 Å². The average molecular weight is 553 g/mol. The first-order chi connectivity index (χ1) is 17.7. The first-order valence-corrected chi connectivity index (χ1v) is 12.6. The number of benzene rings is 2. The molecule has 3 aliphatic heterocycles. The number of piperazine rings is 1. The van der Waals surface area contributed by atoms with Gasteiger partial charge >= 0.3 is 57.6 Å². The summed E-state index contributed by atoms with van der Waals surface area (Å²) in [6, 6.07) is 9.43. The SMILES string of the molecule is CC1CN(C2=CN[N-]C2)Cc2cc(NC(=O)c3cc(CN4CCN(C)CC4)cc(C(F)(F)F)c3)ccc21.[K+]. The van der Waals surface area contributed by atoms with Crippen LogP contribution in [0.4, 0.5) is 18.9 Å². The van der Waals surface area contributed by atoms with E-state index in [1.54, 1.807) is 6.07 Å². The number of nitrogens with one attached hydrogen (secondary N) is 2. The standard InChI is InChI=1S/C27H32F3N6O.K/c1-18-15-36(24-13-31-32-14-24)17-21-12-23(3-4-25(18)21)33-26(37)20-9-19(10-22(11-20)27(28,29)30)16-35-7-5-34(2)6-8-35;/h3-4,9-13,18,31H,5-8,14-17H2,1-2H3,(H,33,37);/q-1;+1. The zero-order valence-corrected chi connectivity index (χ0v) is 25.2. The number of likely N-dealkylation sites (N-methyl/N-ethyl adjacent to an activating group) is 1. The maximum atomic E-state index is 13.7. The number of nitrogens with zero attached hydrogens (tertiary/aromatic N) is 4. The molecule has 1 fully saturated rings. The largest absolute Gasteiger partial charge is 1.00 e. The molecule has 2 aromatic carbocycles. The van der Waals surface area contributed by atoms with Crippen LogP contribution in [0.5, 0.6) is 0 Å². The van der Waals surface area contributed by atoms with E-state index in [1.807, 2.05) is 31.4 Å². The Hall–Kier alpha value is -1.44. The monoisotopic (exact) mass is 552 g/mol. The molecule has 3 aliphatic rings. The molecule has 1 atom stereocenters. The van der Waals surface area contributed by atoms with E-state index in [9.17, 15) is 18.0 Å². The predicted molar refractivity (Wildman–Crippen MR) is 137 cm³/mol. The second-order valence-electron chi connectivity index (χ2n) is 10.2. The van der Waals surface area contributed by atoms with Crippen molar-refractivity contribution in [3.05, 3.63) is 81.5 Å². The Morgan fingerprint density at radius 2 is 1.89 bits per heavy atom. The van der Waals surface area contributed by atoms with Crippen LogP contribution in [0.15, 0.2) is 48.3 Å². The molecule has 1 saturated heterocycles. The van der Waals surface area contributed by atoms with Gasteiger partial charge in [-0.2, -0.15) is 13.2 Å². The number of fused-ring (bicyclic) bond motifs is 1. The van der Waals surface area contributed by atoms with Gasteiger partial charge in [0.2, 0.25) is 0 Å². The van der Waals surface area contributed by atoms with Gasteiger partial charge in [0.15, 0.2) is 0 Å². The molecule has 7 nitrogen and oxygen atoms in total. The fraction of sp³-hybridized carbons (Fsp3) is 0.444. The number of anilines is 1. The van der Waals surface area contributed by atoms with Crippen molar-refractivity contribution in [1.82, 2.24) is 20.1 Å². The number of carbonyl (C=O) groups is 1. The van der Waals surface area contributed by atoms with Crippen LogP contribution in [0.1, 0.15) is 45.5 Å². The van der Waals surface area contributed by atoms with Crippen molar-refractivity contribution in [2.24, 2.45) is 0 Å². The molecule has 0 bridgehead atoms. The number of hydrogen-bond acceptors (Lipinski definition) is 5. The quantitative estimate of drug-likeness (QED) is 0.549. The van der Waals surface area contributed by atoms with Gasteiger partial charge in [-0.05, 0) is 66.2 Å². The van der Waals surface area contributed by atoms with E-state index in [2.05, 4.69) is 37.8 Å². The van der Waals surface area contributed by atoms with E-state index in [4.69, 9.17) is 0 Å². The van der Waals surface area contributed by atoms with E-state index in [-0.39, 0.29) is 56.9 Å². The van der Waals surface area contributed by atoms with Crippen molar-refractivity contribution >= 4 is 11.6 Å². The molecule has 1 unspecified atom stereocenters. The summed E-state index contributed by atoms with van der Waals surface area (Å²) in [6.07, 6.45) is -2.63. The second kappa shape index (κ2) is 12.4. The third-order valence-corrected chi connectivity index (χ3v) is 7.34. The second-order valence-corrected chi connectivity index (χ2v) is 10.2. The van der Waals surface area contributed by atoms with Gasteiger partial charge in [-0.25, -0.2) is 0 Å². The van der Waals surface area contributed by atoms with Crippen LogP contribution in [0.2, 0.25) is 0 Å². The number of halogens is 3. The molecular weight excluding hydrogens is 520 g/mol. The first-order valence-electron chi connectivity index (χ1n) is 12.6. The van der Waals surface area contributed by atoms with Crippen molar-refractivity contribution in [2.45, 2.75) is 32.1 Å². The van der Waals surface area contributed by atoms with E-state index in [1.165, 1.54) is 5.56 Å². The van der Waals surface area contributed by atoms with Crippen LogP contribution in [0, 0.1) is 0 Å². The Kier molecular flexibility index (Phi) is 9.63. The molecule has 3 heterocycles. The summed E-state index contributed by atoms with van der Waals surface area (Å²) < 4.78 is 41.1. The van der Waals surface area contributed by atoms with Crippen LogP contribution in [-0.2, 0) is 19.3 Å². The zero-order chi connectivity index (χ0) is 26.2. The summed E-state index contributed by atoms with van der Waals surface area (Å²) in [4.78, 5) is 19.7. The van der Waals surface area contributed by atoms with E-state index >= 15 is 0 Å². The third-order valence-electron chi connectivity index (χ3n) is 7.34. The topological polar surface area (TPSA) is 65.0 Å². The molecular formula is C27H32F3KN6O. The predicted octanol–water partition coefficient (Wildman–Crippen LogP) is 1.36. The van der Waals surface area contributed by atoms with E-state index in [0.29, 0.717) is 36.8 Å². The van der Waals surface area contributed by atoms with Gasteiger partial charge in [0.05, 0.1) is 5.56 Å². The molecule has 198 valence electrons. The fourth-order valence-electron chi connectivity index (χ4n) is 5.25. The summed E-state index contributed by atoms with van der Waals surface area (Å²) in [5.74, 6) is -0.247. The summed E-state index contributed by atoms with van der Waals surface area (Å²) in [6.45, 7) is 8.00. The first kappa shape index (κ1) is 29.5. The van der Waals surface area contributed by atoms with Crippen LogP contribution >= 0.6 is 0 Å². The Labute approximate surface area is 264 Å². The maximum Gasteiger partial charge on any atom is 1.00 e. The Bertz CT molecular complexity index is 1200.